The summed E-state index contributed by atoms with van der Waals surface area (Å²) in [6, 6.07) is 0.631. The van der Waals surface area contributed by atoms with Gasteiger partial charge in [-0.1, -0.05) is 64.2 Å². The molecule has 0 aromatic rings. The van der Waals surface area contributed by atoms with Gasteiger partial charge in [0.25, 0.3) is 0 Å². The second-order valence-electron chi connectivity index (χ2n) is 5.23. The molecule has 0 N–H and O–H groups in total. The first-order valence-corrected chi connectivity index (χ1v) is 7.36. The molecule has 0 aliphatic rings. The fourth-order valence-corrected chi connectivity index (χ4v) is 2.09. The molecule has 0 fully saturated rings. The van der Waals surface area contributed by atoms with E-state index in [2.05, 4.69) is 31.7 Å². The van der Waals surface area contributed by atoms with Crippen molar-refractivity contribution in [2.45, 2.75) is 77.7 Å². The quantitative estimate of drug-likeness (QED) is 0.383. The van der Waals surface area contributed by atoms with E-state index in [4.69, 9.17) is 6.42 Å². The van der Waals surface area contributed by atoms with E-state index in [1.165, 1.54) is 57.8 Å². The van der Waals surface area contributed by atoms with Gasteiger partial charge >= 0.3 is 0 Å². The van der Waals surface area contributed by atoms with Crippen LogP contribution in [0, 0.1) is 12.3 Å². The van der Waals surface area contributed by atoms with Gasteiger partial charge in [0.2, 0.25) is 0 Å². The van der Waals surface area contributed by atoms with Crippen molar-refractivity contribution in [2.75, 3.05) is 13.6 Å². The van der Waals surface area contributed by atoms with Crippen molar-refractivity contribution in [3.05, 3.63) is 0 Å². The van der Waals surface area contributed by atoms with Gasteiger partial charge in [-0.05, 0) is 20.4 Å². The Labute approximate surface area is 121 Å². The maximum absolute atomic E-state index is 5.31. The largest absolute Gasteiger partial charge is 0.293 e. The van der Waals surface area contributed by atoms with E-state index in [-0.39, 0.29) is 12.4 Å². The van der Waals surface area contributed by atoms with E-state index in [1.807, 2.05) is 0 Å². The molecule has 0 rings (SSSR count). The average Bonchev–Trinajstić information content (AvgIpc) is 2.32. The molecule has 1 unspecified atom stereocenters. The fourth-order valence-electron chi connectivity index (χ4n) is 2.09. The Morgan fingerprint density at radius 1 is 1.00 bits per heavy atom. The number of terminal acetylenes is 1. The molecule has 1 nitrogen and oxygen atoms in total. The van der Waals surface area contributed by atoms with Gasteiger partial charge in [0.1, 0.15) is 0 Å². The van der Waals surface area contributed by atoms with Gasteiger partial charge < -0.3 is 0 Å². The van der Waals surface area contributed by atoms with Crippen molar-refractivity contribution in [3.63, 3.8) is 0 Å². The normalized spacial score (nSPS) is 11.9. The van der Waals surface area contributed by atoms with Crippen LogP contribution in [0.25, 0.3) is 0 Å². The summed E-state index contributed by atoms with van der Waals surface area (Å²) in [7, 11) is 2.12. The number of nitrogens with zero attached hydrogens (tertiary/aromatic N) is 1. The lowest BCUT2D eigenvalue weighted by Crippen LogP contribution is -2.29. The van der Waals surface area contributed by atoms with Gasteiger partial charge in [-0.25, -0.2) is 0 Å². The lowest BCUT2D eigenvalue weighted by molar-refractivity contribution is 0.268. The fraction of sp³-hybridized carbons (Fsp3) is 0.875. The molecule has 0 aliphatic carbocycles. The van der Waals surface area contributed by atoms with Crippen LogP contribution in [0.4, 0.5) is 0 Å². The maximum Gasteiger partial charge on any atom is 0.0598 e. The minimum atomic E-state index is 0. The molecule has 0 heterocycles. The van der Waals surface area contributed by atoms with Gasteiger partial charge in [-0.3, -0.25) is 4.90 Å². The van der Waals surface area contributed by atoms with Crippen LogP contribution in [0.3, 0.4) is 0 Å². The highest BCUT2D eigenvalue weighted by atomic mass is 35.5. The van der Waals surface area contributed by atoms with Crippen LogP contribution in [-0.4, -0.2) is 24.5 Å². The Balaban J connectivity index is 0. The third-order valence-electron chi connectivity index (χ3n) is 3.57. The first kappa shape index (κ1) is 20.1. The number of rotatable bonds is 11. The van der Waals surface area contributed by atoms with Crippen LogP contribution in [-0.2, 0) is 0 Å². The summed E-state index contributed by atoms with van der Waals surface area (Å²) in [5.74, 6) is 2.70. The van der Waals surface area contributed by atoms with Gasteiger partial charge in [0.15, 0.2) is 0 Å². The van der Waals surface area contributed by atoms with Crippen LogP contribution in [0.1, 0.15) is 71.6 Å². The van der Waals surface area contributed by atoms with Crippen LogP contribution in [0.15, 0.2) is 0 Å². The second-order valence-corrected chi connectivity index (χ2v) is 5.23. The number of hydrogen-bond acceptors (Lipinski definition) is 1. The Hall–Kier alpha value is -0.190. The molecule has 0 aromatic carbocycles. The third-order valence-corrected chi connectivity index (χ3v) is 3.57. The van der Waals surface area contributed by atoms with Crippen LogP contribution < -0.4 is 0 Å². The molecule has 0 amide bonds. The monoisotopic (exact) mass is 273 g/mol. The van der Waals surface area contributed by atoms with Gasteiger partial charge in [0, 0.05) is 6.04 Å². The zero-order valence-corrected chi connectivity index (χ0v) is 13.4. The van der Waals surface area contributed by atoms with Gasteiger partial charge in [0.05, 0.1) is 6.54 Å². The Morgan fingerprint density at radius 2 is 1.50 bits per heavy atom. The van der Waals surface area contributed by atoms with Crippen LogP contribution in [0.5, 0.6) is 0 Å². The molecule has 0 bridgehead atoms. The molecule has 1 atom stereocenters. The van der Waals surface area contributed by atoms with E-state index in [0.29, 0.717) is 6.04 Å². The molecule has 0 saturated carbocycles. The molecule has 18 heavy (non-hydrogen) atoms. The molecule has 2 heteroatoms. The predicted octanol–water partition coefficient (Wildman–Crippen LogP) is 4.89. The van der Waals surface area contributed by atoms with Crippen molar-refractivity contribution in [1.82, 2.24) is 4.90 Å². The summed E-state index contributed by atoms with van der Waals surface area (Å²) >= 11 is 0. The lowest BCUT2D eigenvalue weighted by atomic mass is 10.0. The number of unbranched alkanes of at least 4 members (excludes halogenated alkanes) is 7. The topological polar surface area (TPSA) is 3.24 Å². The minimum Gasteiger partial charge on any atom is -0.293 e. The average molecular weight is 274 g/mol. The van der Waals surface area contributed by atoms with Gasteiger partial charge in [-0.15, -0.1) is 18.8 Å². The molecule has 0 saturated heterocycles. The van der Waals surface area contributed by atoms with E-state index >= 15 is 0 Å². The van der Waals surface area contributed by atoms with Crippen molar-refractivity contribution in [3.8, 4) is 12.3 Å². The molecular formula is C16H32ClN. The Morgan fingerprint density at radius 3 is 2.00 bits per heavy atom. The van der Waals surface area contributed by atoms with Crippen LogP contribution in [0.2, 0.25) is 0 Å². The highest BCUT2D eigenvalue weighted by Gasteiger charge is 2.06. The number of hydrogen-bond donors (Lipinski definition) is 0. The molecule has 108 valence electrons. The zero-order chi connectivity index (χ0) is 12.9. The summed E-state index contributed by atoms with van der Waals surface area (Å²) in [5.41, 5.74) is 0. The Bertz CT molecular complexity index is 198. The summed E-state index contributed by atoms with van der Waals surface area (Å²) < 4.78 is 0. The van der Waals surface area contributed by atoms with Crippen molar-refractivity contribution >= 4 is 12.4 Å². The summed E-state index contributed by atoms with van der Waals surface area (Å²) in [4.78, 5) is 2.27. The van der Waals surface area contributed by atoms with E-state index < -0.39 is 0 Å². The SMILES string of the molecule is C#CCN(C)C(C)CCCCCCCCCC.Cl. The Kier molecular flexibility index (Phi) is 16.6. The smallest absolute Gasteiger partial charge is 0.0598 e. The van der Waals surface area contributed by atoms with E-state index in [9.17, 15) is 0 Å². The van der Waals surface area contributed by atoms with Crippen molar-refractivity contribution < 1.29 is 0 Å². The predicted molar refractivity (Wildman–Crippen MR) is 85.4 cm³/mol. The summed E-state index contributed by atoms with van der Waals surface area (Å²) in [6.07, 6.45) is 17.8. The first-order valence-electron chi connectivity index (χ1n) is 7.36. The summed E-state index contributed by atoms with van der Waals surface area (Å²) in [5, 5.41) is 0. The van der Waals surface area contributed by atoms with E-state index in [0.717, 1.165) is 6.54 Å². The van der Waals surface area contributed by atoms with Crippen LogP contribution >= 0.6 is 12.4 Å². The number of halogens is 1. The lowest BCUT2D eigenvalue weighted by Gasteiger charge is -2.22. The molecule has 0 spiro atoms. The molecule has 0 aliphatic heterocycles. The highest BCUT2D eigenvalue weighted by Crippen LogP contribution is 2.12. The van der Waals surface area contributed by atoms with Crippen molar-refractivity contribution in [1.29, 1.82) is 0 Å². The second kappa shape index (κ2) is 14.9. The minimum absolute atomic E-state index is 0. The molecule has 0 radical (unpaired) electrons. The molecular weight excluding hydrogens is 242 g/mol. The standard InChI is InChI=1S/C16H31N.ClH/c1-5-7-8-9-10-11-12-13-14-16(3)17(4)15-6-2;/h2,16H,5,7-15H2,1,3-4H3;1H. The summed E-state index contributed by atoms with van der Waals surface area (Å²) in [6.45, 7) is 5.32. The first-order chi connectivity index (χ1) is 8.22. The maximum atomic E-state index is 5.31. The van der Waals surface area contributed by atoms with Gasteiger partial charge in [-0.2, -0.15) is 0 Å². The van der Waals surface area contributed by atoms with E-state index in [1.54, 1.807) is 0 Å². The third kappa shape index (κ3) is 12.3. The van der Waals surface area contributed by atoms with Crippen molar-refractivity contribution in [2.24, 2.45) is 0 Å². The zero-order valence-electron chi connectivity index (χ0n) is 12.6. The highest BCUT2D eigenvalue weighted by molar-refractivity contribution is 5.85. The molecule has 0 aromatic heterocycles.